The largest absolute Gasteiger partial charge is 0.420 e. The summed E-state index contributed by atoms with van der Waals surface area (Å²) in [5, 5.41) is 0. The Morgan fingerprint density at radius 1 is 1.15 bits per heavy atom. The molecule has 0 amide bonds. The van der Waals surface area contributed by atoms with Gasteiger partial charge in [-0.2, -0.15) is 0 Å². The van der Waals surface area contributed by atoms with Gasteiger partial charge < -0.3 is 8.85 Å². The number of hydrogen-bond acceptors (Lipinski definition) is 2. The zero-order chi connectivity index (χ0) is 10.2. The zero-order valence-electron chi connectivity index (χ0n) is 10.1. The van der Waals surface area contributed by atoms with E-state index in [1.807, 2.05) is 6.92 Å². The molecule has 0 bridgehead atoms. The fraction of sp³-hybridized carbons (Fsp3) is 1.00. The molecule has 0 aliphatic carbocycles. The Hall–Kier alpha value is 1.46. The van der Waals surface area contributed by atoms with Crippen molar-refractivity contribution in [2.75, 3.05) is 13.7 Å². The van der Waals surface area contributed by atoms with Crippen LogP contribution >= 0.6 is 0 Å². The quantitative estimate of drug-likeness (QED) is 0.746. The van der Waals surface area contributed by atoms with Gasteiger partial charge in [-0.15, -0.1) is 0 Å². The van der Waals surface area contributed by atoms with Crippen LogP contribution in [0, 0.1) is 0 Å². The number of rotatable bonds is 3. The summed E-state index contributed by atoms with van der Waals surface area (Å²) in [4.78, 5) is 0. The molecule has 0 aromatic rings. The van der Waals surface area contributed by atoms with Crippen molar-refractivity contribution >= 4 is 17.4 Å². The molecule has 0 heterocycles. The normalized spacial score (nSPS) is 10.2. The predicted molar refractivity (Wildman–Crippen MR) is 59.5 cm³/mol. The summed E-state index contributed by atoms with van der Waals surface area (Å²) in [6, 6.07) is 0. The molecule has 5 heteroatoms. The van der Waals surface area contributed by atoms with Gasteiger partial charge in [0, 0.05) is 46.4 Å². The summed E-state index contributed by atoms with van der Waals surface area (Å²) < 4.78 is 10.2. The third kappa shape index (κ3) is 31.8. The van der Waals surface area contributed by atoms with E-state index < -0.39 is 8.32 Å². The molecule has 13 heavy (non-hydrogen) atoms. The van der Waals surface area contributed by atoms with Gasteiger partial charge >= 0.3 is 0 Å². The van der Waals surface area contributed by atoms with E-state index in [1.165, 1.54) is 0 Å². The van der Waals surface area contributed by atoms with Crippen molar-refractivity contribution in [3.8, 4) is 0 Å². The summed E-state index contributed by atoms with van der Waals surface area (Å²) in [6.45, 7) is 13.7. The van der Waals surface area contributed by atoms with Crippen LogP contribution < -0.4 is 0 Å². The Morgan fingerprint density at radius 2 is 1.46 bits per heavy atom. The van der Waals surface area contributed by atoms with Gasteiger partial charge in [-0.3, -0.25) is 0 Å². The summed E-state index contributed by atoms with van der Waals surface area (Å²) >= 11 is 0. The van der Waals surface area contributed by atoms with Crippen LogP contribution in [0.4, 0.5) is 0 Å². The summed E-state index contributed by atoms with van der Waals surface area (Å²) in [5.41, 5.74) is 0. The fourth-order valence-corrected chi connectivity index (χ4v) is 1.30. The molecule has 0 aliphatic rings. The van der Waals surface area contributed by atoms with Gasteiger partial charge in [0.15, 0.2) is 8.32 Å². The van der Waals surface area contributed by atoms with Crippen LogP contribution in [0.1, 0.15) is 6.92 Å². The van der Waals surface area contributed by atoms with Crippen LogP contribution in [0.3, 0.4) is 0 Å². The molecule has 0 saturated carbocycles. The Bertz CT molecular complexity index is 94.6. The molecule has 0 aliphatic heterocycles. The molecule has 0 rings (SSSR count). The molecule has 0 aromatic carbocycles. The second-order valence-electron chi connectivity index (χ2n) is 3.66. The van der Waals surface area contributed by atoms with Crippen molar-refractivity contribution in [3.05, 3.63) is 0 Å². The van der Waals surface area contributed by atoms with Crippen LogP contribution in [0.5, 0.6) is 0 Å². The summed E-state index contributed by atoms with van der Waals surface area (Å²) in [6.07, 6.45) is 0. The third-order valence-electron chi connectivity index (χ3n) is 0.986. The molecule has 0 saturated heterocycles. The van der Waals surface area contributed by atoms with Gasteiger partial charge in [0.25, 0.3) is 0 Å². The Balaban J connectivity index is -0.000000150. The van der Waals surface area contributed by atoms with E-state index in [9.17, 15) is 0 Å². The second-order valence-corrected chi connectivity index (χ2v) is 10.4. The monoisotopic (exact) mass is 296 g/mol. The minimum Gasteiger partial charge on any atom is -0.420 e. The van der Waals surface area contributed by atoms with E-state index in [4.69, 9.17) is 8.85 Å². The van der Waals surface area contributed by atoms with Crippen molar-refractivity contribution in [3.63, 3.8) is 0 Å². The maximum absolute atomic E-state index is 5.37. The van der Waals surface area contributed by atoms with Crippen LogP contribution in [0.2, 0.25) is 32.7 Å². The Labute approximate surface area is 112 Å². The molecular formula is C8H23O2Si2Y. The van der Waals surface area contributed by atoms with Gasteiger partial charge in [-0.1, -0.05) is 0 Å². The average molecular weight is 296 g/mol. The van der Waals surface area contributed by atoms with Gasteiger partial charge in [0.1, 0.15) is 0 Å². The van der Waals surface area contributed by atoms with Crippen molar-refractivity contribution in [1.29, 1.82) is 0 Å². The van der Waals surface area contributed by atoms with Crippen molar-refractivity contribution in [2.45, 2.75) is 39.7 Å². The Kier molecular flexibility index (Phi) is 17.7. The maximum atomic E-state index is 5.37. The SMILES string of the molecule is CCO[Si](C)(C)C.CO[Si](C)C.[Y]. The smallest absolute Gasteiger partial charge is 0.204 e. The van der Waals surface area contributed by atoms with Gasteiger partial charge in [-0.05, 0) is 39.7 Å². The molecular weight excluding hydrogens is 273 g/mol. The van der Waals surface area contributed by atoms with Crippen LogP contribution in [-0.4, -0.2) is 31.1 Å². The van der Waals surface area contributed by atoms with Gasteiger partial charge in [0.2, 0.25) is 9.04 Å². The predicted octanol–water partition coefficient (Wildman–Crippen LogP) is 2.74. The number of hydrogen-bond donors (Lipinski definition) is 0. The first-order chi connectivity index (χ1) is 5.33. The first-order valence-electron chi connectivity index (χ1n) is 4.31. The molecule has 0 N–H and O–H groups in total. The third-order valence-corrected chi connectivity index (χ3v) is 2.96. The van der Waals surface area contributed by atoms with E-state index in [0.29, 0.717) is 0 Å². The minimum atomic E-state index is -1.16. The van der Waals surface area contributed by atoms with Gasteiger partial charge in [-0.25, -0.2) is 0 Å². The van der Waals surface area contributed by atoms with E-state index in [0.717, 1.165) is 6.61 Å². The topological polar surface area (TPSA) is 18.5 Å². The Morgan fingerprint density at radius 3 is 1.46 bits per heavy atom. The summed E-state index contributed by atoms with van der Waals surface area (Å²) in [7, 11) is 0.213. The molecule has 0 fully saturated rings. The fourth-order valence-electron chi connectivity index (χ4n) is 0.433. The average Bonchev–Trinajstić information content (AvgIpc) is 1.86. The van der Waals surface area contributed by atoms with Crippen molar-refractivity contribution in [2.24, 2.45) is 0 Å². The molecule has 0 atom stereocenters. The second kappa shape index (κ2) is 11.5. The van der Waals surface area contributed by atoms with Crippen LogP contribution in [0.15, 0.2) is 0 Å². The van der Waals surface area contributed by atoms with Crippen LogP contribution in [-0.2, 0) is 41.6 Å². The molecule has 0 spiro atoms. The molecule has 2 nitrogen and oxygen atoms in total. The molecule has 0 unspecified atom stereocenters. The van der Waals surface area contributed by atoms with E-state index in [2.05, 4.69) is 32.7 Å². The van der Waals surface area contributed by atoms with E-state index in [1.54, 1.807) is 7.11 Å². The van der Waals surface area contributed by atoms with E-state index >= 15 is 0 Å². The van der Waals surface area contributed by atoms with Crippen LogP contribution in [0.25, 0.3) is 0 Å². The molecule has 0 aromatic heterocycles. The first-order valence-corrected chi connectivity index (χ1v) is 10.1. The molecule has 2 radical (unpaired) electrons. The standard InChI is InChI=1S/C5H14OSi.C3H9OSi.Y/c1-5-6-7(2,3)4;1-4-5(2)3;/h5H2,1-4H3;1-3H3;. The zero-order valence-corrected chi connectivity index (χ0v) is 14.9. The molecule has 78 valence electrons. The first kappa shape index (κ1) is 19.9. The maximum Gasteiger partial charge on any atom is 0.204 e. The summed E-state index contributed by atoms with van der Waals surface area (Å²) in [5.74, 6) is 0. The van der Waals surface area contributed by atoms with Crippen molar-refractivity contribution < 1.29 is 41.6 Å². The minimum absolute atomic E-state index is 0. The van der Waals surface area contributed by atoms with Crippen molar-refractivity contribution in [1.82, 2.24) is 0 Å². The van der Waals surface area contributed by atoms with E-state index in [-0.39, 0.29) is 41.7 Å². The van der Waals surface area contributed by atoms with Gasteiger partial charge in [0.05, 0.1) is 0 Å².